The van der Waals surface area contributed by atoms with E-state index in [4.69, 9.17) is 4.74 Å². The summed E-state index contributed by atoms with van der Waals surface area (Å²) in [5, 5.41) is 5.71. The van der Waals surface area contributed by atoms with Gasteiger partial charge >= 0.3 is 0 Å². The first-order valence-electron chi connectivity index (χ1n) is 7.34. The average molecular weight is 272 g/mol. The number of aromatic nitrogens is 2. The third kappa shape index (κ3) is 2.48. The fraction of sp³-hybridized carbons (Fsp3) is 0.500. The molecule has 1 fully saturated rings. The molecule has 0 bridgehead atoms. The summed E-state index contributed by atoms with van der Waals surface area (Å²) in [6.07, 6.45) is 2.15. The van der Waals surface area contributed by atoms with Gasteiger partial charge in [-0.05, 0) is 25.8 Å². The van der Waals surface area contributed by atoms with E-state index in [9.17, 15) is 4.79 Å². The number of rotatable bonds is 4. The second-order valence-corrected chi connectivity index (χ2v) is 5.31. The molecule has 2 heterocycles. The zero-order chi connectivity index (χ0) is 13.9. The van der Waals surface area contributed by atoms with Crippen molar-refractivity contribution in [1.29, 1.82) is 0 Å². The van der Waals surface area contributed by atoms with Gasteiger partial charge in [-0.25, -0.2) is 0 Å². The number of nitrogens with zero attached hydrogens (tertiary/aromatic N) is 2. The third-order valence-electron chi connectivity index (χ3n) is 4.05. The summed E-state index contributed by atoms with van der Waals surface area (Å²) < 4.78 is 7.29. The highest BCUT2D eigenvalue weighted by atomic mass is 16.5. The molecule has 106 valence electrons. The zero-order valence-electron chi connectivity index (χ0n) is 11.8. The lowest BCUT2D eigenvalue weighted by Gasteiger charge is -2.20. The summed E-state index contributed by atoms with van der Waals surface area (Å²) in [6, 6.07) is 8.14. The average Bonchev–Trinajstić information content (AvgIpc) is 2.86. The molecule has 0 unspecified atom stereocenters. The van der Waals surface area contributed by atoms with Crippen LogP contribution in [0.4, 0.5) is 0 Å². The van der Waals surface area contributed by atoms with Crippen molar-refractivity contribution in [2.45, 2.75) is 32.7 Å². The van der Waals surface area contributed by atoms with Gasteiger partial charge < -0.3 is 4.74 Å². The quantitative estimate of drug-likeness (QED) is 0.859. The first-order valence-corrected chi connectivity index (χ1v) is 7.34. The number of carbonyl (C=O) groups excluding carboxylic acids is 1. The van der Waals surface area contributed by atoms with Crippen molar-refractivity contribution in [3.8, 4) is 0 Å². The van der Waals surface area contributed by atoms with E-state index in [0.29, 0.717) is 25.4 Å². The van der Waals surface area contributed by atoms with E-state index in [2.05, 4.69) is 24.2 Å². The van der Waals surface area contributed by atoms with Crippen LogP contribution in [0.3, 0.4) is 0 Å². The van der Waals surface area contributed by atoms with E-state index >= 15 is 0 Å². The summed E-state index contributed by atoms with van der Waals surface area (Å²) in [4.78, 5) is 12.4. The highest BCUT2D eigenvalue weighted by Gasteiger charge is 2.23. The number of hydrogen-bond acceptors (Lipinski definition) is 3. The van der Waals surface area contributed by atoms with Crippen LogP contribution in [0.2, 0.25) is 0 Å². The van der Waals surface area contributed by atoms with Gasteiger partial charge in [0.25, 0.3) is 0 Å². The molecule has 0 amide bonds. The van der Waals surface area contributed by atoms with E-state index in [1.54, 1.807) is 0 Å². The Morgan fingerprint density at radius 1 is 1.35 bits per heavy atom. The lowest BCUT2D eigenvalue weighted by Crippen LogP contribution is -2.24. The van der Waals surface area contributed by atoms with Crippen LogP contribution < -0.4 is 0 Å². The number of ketones is 1. The first-order chi connectivity index (χ1) is 9.79. The Hall–Kier alpha value is -1.68. The second kappa shape index (κ2) is 5.75. The number of para-hydroxylation sites is 1. The van der Waals surface area contributed by atoms with Gasteiger partial charge in [0.1, 0.15) is 5.78 Å². The zero-order valence-corrected chi connectivity index (χ0v) is 11.8. The highest BCUT2D eigenvalue weighted by Crippen LogP contribution is 2.22. The fourth-order valence-electron chi connectivity index (χ4n) is 2.90. The van der Waals surface area contributed by atoms with Crippen LogP contribution in [0, 0.1) is 5.92 Å². The third-order valence-corrected chi connectivity index (χ3v) is 4.05. The lowest BCUT2D eigenvalue weighted by atomic mass is 9.92. The van der Waals surface area contributed by atoms with Crippen LogP contribution in [-0.4, -0.2) is 28.8 Å². The monoisotopic (exact) mass is 272 g/mol. The van der Waals surface area contributed by atoms with Gasteiger partial charge in [0.05, 0.1) is 17.6 Å². The van der Waals surface area contributed by atoms with Crippen molar-refractivity contribution < 1.29 is 9.53 Å². The molecule has 0 aliphatic carbocycles. The second-order valence-electron chi connectivity index (χ2n) is 5.31. The molecule has 0 N–H and O–H groups in total. The number of ether oxygens (including phenoxy) is 1. The van der Waals surface area contributed by atoms with E-state index in [0.717, 1.165) is 36.0 Å². The molecule has 1 aromatic heterocycles. The molecule has 0 radical (unpaired) electrons. The van der Waals surface area contributed by atoms with Gasteiger partial charge in [-0.1, -0.05) is 18.2 Å². The molecule has 0 saturated carbocycles. The molecule has 2 aromatic rings. The maximum absolute atomic E-state index is 12.4. The van der Waals surface area contributed by atoms with Gasteiger partial charge in [0, 0.05) is 31.1 Å². The summed E-state index contributed by atoms with van der Waals surface area (Å²) in [5.74, 6) is 0.453. The van der Waals surface area contributed by atoms with E-state index in [-0.39, 0.29) is 5.92 Å². The van der Waals surface area contributed by atoms with Gasteiger partial charge in [-0.3, -0.25) is 9.48 Å². The fourth-order valence-corrected chi connectivity index (χ4v) is 2.90. The molecule has 1 aromatic carbocycles. The molecule has 4 heteroatoms. The first kappa shape index (κ1) is 13.3. The minimum atomic E-state index is 0.147. The van der Waals surface area contributed by atoms with Gasteiger partial charge in [-0.15, -0.1) is 0 Å². The predicted molar refractivity (Wildman–Crippen MR) is 77.7 cm³/mol. The van der Waals surface area contributed by atoms with Gasteiger partial charge in [0.15, 0.2) is 0 Å². The molecular weight excluding hydrogens is 252 g/mol. The van der Waals surface area contributed by atoms with Gasteiger partial charge in [0.2, 0.25) is 0 Å². The van der Waals surface area contributed by atoms with Crippen LogP contribution in [-0.2, 0) is 22.5 Å². The normalized spacial score (nSPS) is 16.6. The number of benzene rings is 1. The smallest absolute Gasteiger partial charge is 0.142 e. The number of aryl methyl sites for hydroxylation is 1. The summed E-state index contributed by atoms with van der Waals surface area (Å²) in [6.45, 7) is 4.32. The van der Waals surface area contributed by atoms with Crippen molar-refractivity contribution in [2.75, 3.05) is 13.2 Å². The molecule has 20 heavy (non-hydrogen) atoms. The van der Waals surface area contributed by atoms with Crippen LogP contribution in [0.1, 0.15) is 25.5 Å². The van der Waals surface area contributed by atoms with Crippen molar-refractivity contribution >= 4 is 16.7 Å². The van der Waals surface area contributed by atoms with Crippen molar-refractivity contribution in [2.24, 2.45) is 5.92 Å². The van der Waals surface area contributed by atoms with Crippen molar-refractivity contribution in [1.82, 2.24) is 9.78 Å². The maximum atomic E-state index is 12.4. The Balaban J connectivity index is 1.85. The van der Waals surface area contributed by atoms with Crippen molar-refractivity contribution in [3.63, 3.8) is 0 Å². The van der Waals surface area contributed by atoms with Gasteiger partial charge in [-0.2, -0.15) is 5.10 Å². The predicted octanol–water partition coefficient (Wildman–Crippen LogP) is 2.59. The summed E-state index contributed by atoms with van der Waals surface area (Å²) in [7, 11) is 0. The van der Waals surface area contributed by atoms with Crippen molar-refractivity contribution in [3.05, 3.63) is 30.0 Å². The largest absolute Gasteiger partial charge is 0.381 e. The number of hydrogen-bond donors (Lipinski definition) is 0. The Morgan fingerprint density at radius 2 is 2.10 bits per heavy atom. The number of carbonyl (C=O) groups is 1. The molecule has 1 saturated heterocycles. The Labute approximate surface area is 118 Å². The van der Waals surface area contributed by atoms with E-state index in [1.807, 2.05) is 16.8 Å². The van der Waals surface area contributed by atoms with E-state index < -0.39 is 0 Å². The minimum Gasteiger partial charge on any atom is -0.381 e. The Kier molecular flexibility index (Phi) is 3.83. The molecule has 1 aliphatic heterocycles. The molecule has 0 spiro atoms. The Bertz CT molecular complexity index is 612. The maximum Gasteiger partial charge on any atom is 0.142 e. The summed E-state index contributed by atoms with van der Waals surface area (Å²) in [5.41, 5.74) is 2.03. The van der Waals surface area contributed by atoms with Crippen LogP contribution in [0.25, 0.3) is 10.9 Å². The summed E-state index contributed by atoms with van der Waals surface area (Å²) >= 11 is 0. The molecule has 4 nitrogen and oxygen atoms in total. The molecule has 1 aliphatic rings. The molecule has 0 atom stereocenters. The SMILES string of the molecule is CCn1nc(CC(=O)C2CCOCC2)c2ccccc21. The standard InChI is InChI=1S/C16H20N2O2/c1-2-18-15-6-4-3-5-13(15)14(17-18)11-16(19)12-7-9-20-10-8-12/h3-6,12H,2,7-11H2,1H3. The lowest BCUT2D eigenvalue weighted by molar-refractivity contribution is -0.125. The van der Waals surface area contributed by atoms with Crippen LogP contribution in [0.5, 0.6) is 0 Å². The minimum absolute atomic E-state index is 0.147. The van der Waals surface area contributed by atoms with Crippen LogP contribution in [0.15, 0.2) is 24.3 Å². The van der Waals surface area contributed by atoms with E-state index in [1.165, 1.54) is 0 Å². The Morgan fingerprint density at radius 3 is 2.85 bits per heavy atom. The number of Topliss-reactive ketones (excluding diaryl/α,β-unsaturated/α-hetero) is 1. The van der Waals surface area contributed by atoms with Crippen LogP contribution >= 0.6 is 0 Å². The molecular formula is C16H20N2O2. The number of fused-ring (bicyclic) bond motifs is 1. The topological polar surface area (TPSA) is 44.1 Å². The molecule has 3 rings (SSSR count). The highest BCUT2D eigenvalue weighted by molar-refractivity contribution is 5.89.